The van der Waals surface area contributed by atoms with Gasteiger partial charge in [-0.1, -0.05) is 0 Å². The summed E-state index contributed by atoms with van der Waals surface area (Å²) in [7, 11) is 1.82. The van der Waals surface area contributed by atoms with Crippen LogP contribution in [0.5, 0.6) is 0 Å². The zero-order valence-electron chi connectivity index (χ0n) is 10.1. The van der Waals surface area contributed by atoms with Crippen LogP contribution in [0.1, 0.15) is 17.4 Å². The van der Waals surface area contributed by atoms with Gasteiger partial charge in [-0.15, -0.1) is 0 Å². The molecule has 0 unspecified atom stereocenters. The van der Waals surface area contributed by atoms with Crippen LogP contribution in [-0.4, -0.2) is 22.1 Å². The zero-order chi connectivity index (χ0) is 12.7. The van der Waals surface area contributed by atoms with E-state index in [4.69, 9.17) is 9.15 Å². The quantitative estimate of drug-likeness (QED) is 0.650. The molecule has 0 aliphatic carbocycles. The lowest BCUT2D eigenvalue weighted by molar-refractivity contribution is 0.0516. The molecular weight excluding hydrogens is 232 g/mol. The number of rotatable bonds is 2. The highest BCUT2D eigenvalue weighted by Gasteiger charge is 2.19. The number of pyridine rings is 1. The minimum absolute atomic E-state index is 0.344. The lowest BCUT2D eigenvalue weighted by Crippen LogP contribution is -2.09. The van der Waals surface area contributed by atoms with Crippen LogP contribution >= 0.6 is 0 Å². The predicted molar refractivity (Wildman–Crippen MR) is 66.4 cm³/mol. The van der Waals surface area contributed by atoms with E-state index in [2.05, 4.69) is 4.98 Å². The van der Waals surface area contributed by atoms with Gasteiger partial charge in [0.1, 0.15) is 11.3 Å². The van der Waals surface area contributed by atoms with E-state index in [1.807, 2.05) is 7.05 Å². The topological polar surface area (TPSA) is 57.3 Å². The molecule has 0 N–H and O–H groups in total. The average Bonchev–Trinajstić information content (AvgIpc) is 2.87. The summed E-state index contributed by atoms with van der Waals surface area (Å²) in [6, 6.07) is 3.51. The molecule has 3 heterocycles. The Morgan fingerprint density at radius 3 is 3.11 bits per heavy atom. The molecule has 0 fully saturated rings. The summed E-state index contributed by atoms with van der Waals surface area (Å²) in [5, 5.41) is 0.894. The van der Waals surface area contributed by atoms with Crippen LogP contribution in [0.25, 0.3) is 22.1 Å². The number of fused-ring (bicyclic) bond motifs is 3. The number of hydrogen-bond donors (Lipinski definition) is 0. The number of carbonyl (C=O) groups excluding carboxylic acids is 1. The van der Waals surface area contributed by atoms with Gasteiger partial charge in [-0.3, -0.25) is 4.98 Å². The number of hydrogen-bond acceptors (Lipinski definition) is 4. The van der Waals surface area contributed by atoms with Gasteiger partial charge in [-0.25, -0.2) is 4.79 Å². The molecule has 0 aliphatic rings. The fourth-order valence-corrected chi connectivity index (χ4v) is 2.13. The Labute approximate surface area is 103 Å². The number of aromatic nitrogens is 2. The van der Waals surface area contributed by atoms with Gasteiger partial charge in [0.25, 0.3) is 0 Å². The molecule has 18 heavy (non-hydrogen) atoms. The van der Waals surface area contributed by atoms with Crippen molar-refractivity contribution < 1.29 is 13.9 Å². The smallest absolute Gasteiger partial charge is 0.355 e. The van der Waals surface area contributed by atoms with Crippen molar-refractivity contribution in [3.63, 3.8) is 0 Å². The number of nitrogens with zero attached hydrogens (tertiary/aromatic N) is 2. The van der Waals surface area contributed by atoms with Crippen LogP contribution in [0.2, 0.25) is 0 Å². The molecule has 0 saturated heterocycles. The first-order valence-electron chi connectivity index (χ1n) is 5.71. The van der Waals surface area contributed by atoms with Gasteiger partial charge >= 0.3 is 5.97 Å². The van der Waals surface area contributed by atoms with E-state index in [1.165, 1.54) is 0 Å². The van der Waals surface area contributed by atoms with Crippen LogP contribution in [0.3, 0.4) is 0 Å². The number of carbonyl (C=O) groups is 1. The fraction of sp³-hybridized carbons (Fsp3) is 0.231. The molecule has 3 aromatic heterocycles. The van der Waals surface area contributed by atoms with Crippen LogP contribution in [0.15, 0.2) is 28.9 Å². The molecule has 0 amide bonds. The van der Waals surface area contributed by atoms with E-state index in [0.29, 0.717) is 17.9 Å². The molecule has 0 saturated carbocycles. The molecule has 5 nitrogen and oxygen atoms in total. The highest BCUT2D eigenvalue weighted by atomic mass is 16.5. The Hall–Kier alpha value is -2.30. The molecule has 0 aliphatic heterocycles. The SMILES string of the molecule is CCOC(=O)c1cc2oc3ccncc3c2n1C. The second-order valence-corrected chi connectivity index (χ2v) is 4.00. The van der Waals surface area contributed by atoms with E-state index >= 15 is 0 Å². The summed E-state index contributed by atoms with van der Waals surface area (Å²) >= 11 is 0. The van der Waals surface area contributed by atoms with Crippen molar-refractivity contribution in [1.29, 1.82) is 0 Å². The highest BCUT2D eigenvalue weighted by molar-refractivity contribution is 6.06. The minimum atomic E-state index is -0.344. The number of ether oxygens (including phenoxy) is 1. The van der Waals surface area contributed by atoms with Crippen LogP contribution in [0, 0.1) is 0 Å². The van der Waals surface area contributed by atoms with Crippen molar-refractivity contribution in [2.75, 3.05) is 6.61 Å². The summed E-state index contributed by atoms with van der Waals surface area (Å²) in [5.41, 5.74) is 2.78. The molecule has 5 heteroatoms. The maximum atomic E-state index is 11.8. The van der Waals surface area contributed by atoms with E-state index < -0.39 is 0 Å². The second kappa shape index (κ2) is 3.87. The first-order valence-corrected chi connectivity index (χ1v) is 5.71. The first-order chi connectivity index (χ1) is 8.72. The van der Waals surface area contributed by atoms with Gasteiger partial charge in [0.05, 0.1) is 17.5 Å². The lowest BCUT2D eigenvalue weighted by Gasteiger charge is -2.03. The number of esters is 1. The lowest BCUT2D eigenvalue weighted by atomic mass is 10.3. The standard InChI is InChI=1S/C13H12N2O3/c1-3-17-13(16)9-6-11-12(15(9)2)8-7-14-5-4-10(8)18-11/h4-7H,3H2,1-2H3. The van der Waals surface area contributed by atoms with E-state index in [9.17, 15) is 4.79 Å². The number of aryl methyl sites for hydroxylation is 1. The third kappa shape index (κ3) is 1.40. The molecule has 0 aromatic carbocycles. The van der Waals surface area contributed by atoms with Gasteiger partial charge in [0.15, 0.2) is 5.58 Å². The summed E-state index contributed by atoms with van der Waals surface area (Å²) in [5.74, 6) is -0.344. The largest absolute Gasteiger partial charge is 0.461 e. The Balaban J connectivity index is 2.26. The Morgan fingerprint density at radius 1 is 1.50 bits per heavy atom. The maximum Gasteiger partial charge on any atom is 0.355 e. The third-order valence-electron chi connectivity index (χ3n) is 2.94. The molecule has 3 aromatic rings. The molecule has 0 atom stereocenters. The van der Waals surface area contributed by atoms with Crippen molar-refractivity contribution in [3.8, 4) is 0 Å². The Bertz CT molecular complexity index is 739. The summed E-state index contributed by atoms with van der Waals surface area (Å²) in [6.07, 6.45) is 3.41. The van der Waals surface area contributed by atoms with Gasteiger partial charge in [-0.05, 0) is 13.0 Å². The Morgan fingerprint density at radius 2 is 2.33 bits per heavy atom. The molecule has 0 radical (unpaired) electrons. The average molecular weight is 244 g/mol. The van der Waals surface area contributed by atoms with Crippen molar-refractivity contribution in [2.24, 2.45) is 7.05 Å². The predicted octanol–water partition coefficient (Wildman–Crippen LogP) is 2.50. The van der Waals surface area contributed by atoms with Crippen LogP contribution < -0.4 is 0 Å². The molecule has 92 valence electrons. The van der Waals surface area contributed by atoms with Gasteiger partial charge in [-0.2, -0.15) is 0 Å². The van der Waals surface area contributed by atoms with E-state index in [0.717, 1.165) is 16.5 Å². The van der Waals surface area contributed by atoms with E-state index in [1.54, 1.807) is 36.0 Å². The van der Waals surface area contributed by atoms with Crippen molar-refractivity contribution in [3.05, 3.63) is 30.2 Å². The molecular formula is C13H12N2O3. The van der Waals surface area contributed by atoms with Crippen LogP contribution in [0.4, 0.5) is 0 Å². The molecule has 0 spiro atoms. The summed E-state index contributed by atoms with van der Waals surface area (Å²) < 4.78 is 12.5. The Kier molecular flexibility index (Phi) is 2.33. The summed E-state index contributed by atoms with van der Waals surface area (Å²) in [6.45, 7) is 2.14. The van der Waals surface area contributed by atoms with Gasteiger partial charge < -0.3 is 13.7 Å². The second-order valence-electron chi connectivity index (χ2n) is 4.00. The first kappa shape index (κ1) is 10.8. The molecule has 0 bridgehead atoms. The normalized spacial score (nSPS) is 11.2. The van der Waals surface area contributed by atoms with E-state index in [-0.39, 0.29) is 5.97 Å². The fourth-order valence-electron chi connectivity index (χ4n) is 2.13. The summed E-state index contributed by atoms with van der Waals surface area (Å²) in [4.78, 5) is 15.8. The van der Waals surface area contributed by atoms with Gasteiger partial charge in [0, 0.05) is 25.5 Å². The zero-order valence-corrected chi connectivity index (χ0v) is 10.1. The highest BCUT2D eigenvalue weighted by Crippen LogP contribution is 2.30. The van der Waals surface area contributed by atoms with Crippen molar-refractivity contribution in [2.45, 2.75) is 6.92 Å². The third-order valence-corrected chi connectivity index (χ3v) is 2.94. The van der Waals surface area contributed by atoms with Gasteiger partial charge in [0.2, 0.25) is 0 Å². The van der Waals surface area contributed by atoms with Crippen molar-refractivity contribution >= 4 is 28.0 Å². The number of furan rings is 1. The van der Waals surface area contributed by atoms with Crippen molar-refractivity contribution in [1.82, 2.24) is 9.55 Å². The van der Waals surface area contributed by atoms with Crippen LogP contribution in [-0.2, 0) is 11.8 Å². The monoisotopic (exact) mass is 244 g/mol. The molecule has 3 rings (SSSR count). The minimum Gasteiger partial charge on any atom is -0.461 e. The maximum absolute atomic E-state index is 11.8.